The lowest BCUT2D eigenvalue weighted by Crippen LogP contribution is -2.39. The molecule has 15 heavy (non-hydrogen) atoms. The first-order valence-corrected chi connectivity index (χ1v) is 5.08. The molecule has 0 aliphatic carbocycles. The molecule has 0 spiro atoms. The molecule has 0 radical (unpaired) electrons. The molecule has 1 aromatic rings. The van der Waals surface area contributed by atoms with Gasteiger partial charge in [0.25, 0.3) is 0 Å². The van der Waals surface area contributed by atoms with Crippen molar-refractivity contribution in [2.45, 2.75) is 26.9 Å². The third kappa shape index (κ3) is 2.19. The molecule has 0 bridgehead atoms. The Kier molecular flexibility index (Phi) is 2.91. The standard InChI is InChI=1S/C9H10F3NOS/c1-5-13-6(4-15-5)7(14)8(2,3)9(10,11)12/h4H,1-3H3. The molecule has 0 saturated heterocycles. The molecule has 0 aliphatic heterocycles. The molecule has 1 aromatic heterocycles. The molecule has 0 fully saturated rings. The fraction of sp³-hybridized carbons (Fsp3) is 0.556. The predicted molar refractivity (Wildman–Crippen MR) is 51.0 cm³/mol. The minimum atomic E-state index is -4.55. The van der Waals surface area contributed by atoms with Crippen LogP contribution in [0.15, 0.2) is 5.38 Å². The summed E-state index contributed by atoms with van der Waals surface area (Å²) in [5.41, 5.74) is -2.49. The van der Waals surface area contributed by atoms with Crippen LogP contribution in [0.5, 0.6) is 0 Å². The van der Waals surface area contributed by atoms with Crippen molar-refractivity contribution in [3.8, 4) is 0 Å². The van der Waals surface area contributed by atoms with Gasteiger partial charge in [-0.15, -0.1) is 11.3 Å². The Hall–Kier alpha value is -0.910. The number of alkyl halides is 3. The first-order chi connectivity index (χ1) is 6.66. The Morgan fingerprint density at radius 2 is 1.93 bits per heavy atom. The summed E-state index contributed by atoms with van der Waals surface area (Å²) in [6.07, 6.45) is -4.55. The van der Waals surface area contributed by atoms with Crippen LogP contribution in [-0.2, 0) is 0 Å². The number of rotatable bonds is 2. The van der Waals surface area contributed by atoms with Crippen LogP contribution in [0.1, 0.15) is 29.3 Å². The molecule has 0 N–H and O–H groups in total. The lowest BCUT2D eigenvalue weighted by Gasteiger charge is -2.24. The minimum Gasteiger partial charge on any atom is -0.291 e. The van der Waals surface area contributed by atoms with Crippen molar-refractivity contribution in [1.29, 1.82) is 0 Å². The molecule has 0 atom stereocenters. The number of nitrogens with zero attached hydrogens (tertiary/aromatic N) is 1. The first-order valence-electron chi connectivity index (χ1n) is 4.20. The van der Waals surface area contributed by atoms with Gasteiger partial charge in [0.15, 0.2) is 5.78 Å². The Labute approximate surface area is 89.1 Å². The number of hydrogen-bond donors (Lipinski definition) is 0. The summed E-state index contributed by atoms with van der Waals surface area (Å²) in [5, 5.41) is 1.93. The Morgan fingerprint density at radius 3 is 2.27 bits per heavy atom. The topological polar surface area (TPSA) is 30.0 Å². The maximum absolute atomic E-state index is 12.5. The molecular weight excluding hydrogens is 227 g/mol. The molecule has 0 unspecified atom stereocenters. The van der Waals surface area contributed by atoms with Gasteiger partial charge in [0.1, 0.15) is 11.1 Å². The Morgan fingerprint density at radius 1 is 1.40 bits per heavy atom. The van der Waals surface area contributed by atoms with E-state index in [9.17, 15) is 18.0 Å². The zero-order valence-corrected chi connectivity index (χ0v) is 9.29. The van der Waals surface area contributed by atoms with Crippen molar-refractivity contribution in [3.63, 3.8) is 0 Å². The quantitative estimate of drug-likeness (QED) is 0.739. The van der Waals surface area contributed by atoms with Crippen molar-refractivity contribution < 1.29 is 18.0 Å². The summed E-state index contributed by atoms with van der Waals surface area (Å²) < 4.78 is 37.6. The van der Waals surface area contributed by atoms with E-state index in [2.05, 4.69) is 4.98 Å². The number of hydrogen-bond acceptors (Lipinski definition) is 3. The maximum atomic E-state index is 12.5. The lowest BCUT2D eigenvalue weighted by atomic mass is 9.86. The number of halogens is 3. The Bertz CT molecular complexity index is 381. The minimum absolute atomic E-state index is 0.111. The fourth-order valence-electron chi connectivity index (χ4n) is 0.917. The predicted octanol–water partition coefficient (Wildman–Crippen LogP) is 3.22. The molecule has 0 aliphatic rings. The number of carbonyl (C=O) groups is 1. The van der Waals surface area contributed by atoms with Crippen molar-refractivity contribution in [2.24, 2.45) is 5.41 Å². The number of aryl methyl sites for hydroxylation is 1. The van der Waals surface area contributed by atoms with Crippen LogP contribution in [0.4, 0.5) is 13.2 Å². The number of thiazole rings is 1. The number of aromatic nitrogens is 1. The maximum Gasteiger partial charge on any atom is 0.401 e. The second kappa shape index (κ2) is 3.59. The second-order valence-corrected chi connectivity index (χ2v) is 4.77. The molecular formula is C9H10F3NOS. The Balaban J connectivity index is 3.05. The van der Waals surface area contributed by atoms with E-state index < -0.39 is 17.4 Å². The van der Waals surface area contributed by atoms with E-state index in [1.54, 1.807) is 6.92 Å². The van der Waals surface area contributed by atoms with Crippen LogP contribution < -0.4 is 0 Å². The average molecular weight is 237 g/mol. The number of ketones is 1. The fourth-order valence-corrected chi connectivity index (χ4v) is 1.51. The molecule has 1 rings (SSSR count). The van der Waals surface area contributed by atoms with Gasteiger partial charge in [-0.3, -0.25) is 4.79 Å². The van der Waals surface area contributed by atoms with Gasteiger partial charge < -0.3 is 0 Å². The zero-order valence-electron chi connectivity index (χ0n) is 8.47. The summed E-state index contributed by atoms with van der Waals surface area (Å²) >= 11 is 1.16. The summed E-state index contributed by atoms with van der Waals surface area (Å²) in [6, 6.07) is 0. The highest BCUT2D eigenvalue weighted by Crippen LogP contribution is 2.40. The lowest BCUT2D eigenvalue weighted by molar-refractivity contribution is -0.192. The highest BCUT2D eigenvalue weighted by atomic mass is 32.1. The molecule has 0 saturated carbocycles. The van der Waals surface area contributed by atoms with Gasteiger partial charge in [-0.25, -0.2) is 4.98 Å². The van der Waals surface area contributed by atoms with E-state index in [1.165, 1.54) is 5.38 Å². The molecule has 6 heteroatoms. The van der Waals surface area contributed by atoms with Gasteiger partial charge in [-0.1, -0.05) is 0 Å². The zero-order chi connectivity index (χ0) is 11.9. The molecule has 2 nitrogen and oxygen atoms in total. The highest BCUT2D eigenvalue weighted by molar-refractivity contribution is 7.09. The molecule has 0 aromatic carbocycles. The summed E-state index contributed by atoms with van der Waals surface area (Å²) in [5.74, 6) is -0.987. The van der Waals surface area contributed by atoms with Gasteiger partial charge in [-0.2, -0.15) is 13.2 Å². The summed E-state index contributed by atoms with van der Waals surface area (Å²) in [6.45, 7) is 3.37. The van der Waals surface area contributed by atoms with E-state index in [4.69, 9.17) is 0 Å². The highest BCUT2D eigenvalue weighted by Gasteiger charge is 2.53. The van der Waals surface area contributed by atoms with Gasteiger partial charge in [0, 0.05) is 5.38 Å². The first kappa shape index (κ1) is 12.2. The number of carbonyl (C=O) groups excluding carboxylic acids is 1. The van der Waals surface area contributed by atoms with E-state index in [1.807, 2.05) is 0 Å². The average Bonchev–Trinajstić information content (AvgIpc) is 2.48. The van der Waals surface area contributed by atoms with Crippen LogP contribution in [0.2, 0.25) is 0 Å². The van der Waals surface area contributed by atoms with Crippen molar-refractivity contribution >= 4 is 17.1 Å². The van der Waals surface area contributed by atoms with Crippen LogP contribution >= 0.6 is 11.3 Å². The monoisotopic (exact) mass is 237 g/mol. The van der Waals surface area contributed by atoms with Crippen molar-refractivity contribution in [3.05, 3.63) is 16.1 Å². The normalized spacial score (nSPS) is 12.9. The second-order valence-electron chi connectivity index (χ2n) is 3.70. The van der Waals surface area contributed by atoms with Gasteiger partial charge in [0.05, 0.1) is 5.01 Å². The summed E-state index contributed by atoms with van der Waals surface area (Å²) in [4.78, 5) is 15.3. The van der Waals surface area contributed by atoms with Gasteiger partial charge >= 0.3 is 6.18 Å². The molecule has 0 amide bonds. The molecule has 84 valence electrons. The van der Waals surface area contributed by atoms with E-state index in [-0.39, 0.29) is 5.69 Å². The number of Topliss-reactive ketones (excluding diaryl/α,β-unsaturated/α-hetero) is 1. The van der Waals surface area contributed by atoms with Crippen LogP contribution in [0.3, 0.4) is 0 Å². The van der Waals surface area contributed by atoms with Crippen LogP contribution in [0, 0.1) is 12.3 Å². The van der Waals surface area contributed by atoms with E-state index >= 15 is 0 Å². The third-order valence-electron chi connectivity index (χ3n) is 2.13. The smallest absolute Gasteiger partial charge is 0.291 e. The van der Waals surface area contributed by atoms with E-state index in [0.29, 0.717) is 5.01 Å². The van der Waals surface area contributed by atoms with Gasteiger partial charge in [0.2, 0.25) is 0 Å². The van der Waals surface area contributed by atoms with Crippen LogP contribution in [-0.4, -0.2) is 16.9 Å². The SMILES string of the molecule is Cc1nc(C(=O)C(C)(C)C(F)(F)F)cs1. The van der Waals surface area contributed by atoms with E-state index in [0.717, 1.165) is 25.2 Å². The molecule has 1 heterocycles. The van der Waals surface area contributed by atoms with Crippen LogP contribution in [0.25, 0.3) is 0 Å². The largest absolute Gasteiger partial charge is 0.401 e. The van der Waals surface area contributed by atoms with Crippen molar-refractivity contribution in [1.82, 2.24) is 4.98 Å². The summed E-state index contributed by atoms with van der Waals surface area (Å²) in [7, 11) is 0. The van der Waals surface area contributed by atoms with Gasteiger partial charge in [-0.05, 0) is 20.8 Å². The van der Waals surface area contributed by atoms with Crippen molar-refractivity contribution in [2.75, 3.05) is 0 Å². The third-order valence-corrected chi connectivity index (χ3v) is 2.90.